The van der Waals surface area contributed by atoms with Gasteiger partial charge in [0.15, 0.2) is 11.6 Å². The van der Waals surface area contributed by atoms with Gasteiger partial charge < -0.3 is 10.6 Å². The highest BCUT2D eigenvalue weighted by molar-refractivity contribution is 5.53. The number of nitrogens with zero attached hydrogens (tertiary/aromatic N) is 5. The van der Waals surface area contributed by atoms with E-state index in [2.05, 4.69) is 41.8 Å². The Hall–Kier alpha value is -2.66. The minimum atomic E-state index is 0.406. The molecule has 4 rings (SSSR count). The van der Waals surface area contributed by atoms with Gasteiger partial charge in [-0.3, -0.25) is 15.0 Å². The van der Waals surface area contributed by atoms with Crippen molar-refractivity contribution in [1.82, 2.24) is 25.1 Å². The molecule has 0 aromatic carbocycles. The van der Waals surface area contributed by atoms with Crippen molar-refractivity contribution in [2.75, 3.05) is 17.2 Å². The fourth-order valence-electron chi connectivity index (χ4n) is 4.25. The van der Waals surface area contributed by atoms with Crippen molar-refractivity contribution >= 4 is 17.5 Å². The summed E-state index contributed by atoms with van der Waals surface area (Å²) in [6, 6.07) is 5.77. The molecule has 2 saturated heterocycles. The van der Waals surface area contributed by atoms with E-state index in [0.717, 1.165) is 36.7 Å². The maximum absolute atomic E-state index is 8.85. The molecule has 4 heterocycles. The molecule has 0 amide bonds. The van der Waals surface area contributed by atoms with Gasteiger partial charge in [0, 0.05) is 42.9 Å². The van der Waals surface area contributed by atoms with Gasteiger partial charge in [-0.15, -0.1) is 0 Å². The number of aryl methyl sites for hydroxylation is 1. The lowest BCUT2D eigenvalue weighted by atomic mass is 9.97. The molecule has 136 valence electrons. The predicted octanol–water partition coefficient (Wildman–Crippen LogP) is 2.57. The average Bonchev–Trinajstić information content (AvgIpc) is 3.13. The number of fused-ring (bicyclic) bond motifs is 2. The Labute approximate surface area is 153 Å². The van der Waals surface area contributed by atoms with Gasteiger partial charge in [0.1, 0.15) is 5.82 Å². The number of nitrogens with one attached hydrogen (secondary N) is 3. The van der Waals surface area contributed by atoms with Crippen LogP contribution in [0.25, 0.3) is 0 Å². The summed E-state index contributed by atoms with van der Waals surface area (Å²) in [7, 11) is 0. The van der Waals surface area contributed by atoms with E-state index in [-0.39, 0.29) is 0 Å². The first-order valence-corrected chi connectivity index (χ1v) is 9.21. The molecule has 2 aliphatic heterocycles. The van der Waals surface area contributed by atoms with Crippen LogP contribution in [0.2, 0.25) is 0 Å². The van der Waals surface area contributed by atoms with Crippen molar-refractivity contribution in [3.63, 3.8) is 0 Å². The highest BCUT2D eigenvalue weighted by Gasteiger charge is 2.40. The van der Waals surface area contributed by atoms with Gasteiger partial charge in [0.25, 0.3) is 0 Å². The topological polar surface area (TPSA) is 106 Å². The summed E-state index contributed by atoms with van der Waals surface area (Å²) >= 11 is 0. The van der Waals surface area contributed by atoms with Gasteiger partial charge in [0.2, 0.25) is 0 Å². The van der Waals surface area contributed by atoms with Gasteiger partial charge in [-0.1, -0.05) is 0 Å². The van der Waals surface area contributed by atoms with Crippen molar-refractivity contribution < 1.29 is 0 Å². The second-order valence-corrected chi connectivity index (χ2v) is 7.19. The van der Waals surface area contributed by atoms with Crippen LogP contribution < -0.4 is 10.6 Å². The van der Waals surface area contributed by atoms with Gasteiger partial charge in [-0.05, 0) is 32.6 Å². The van der Waals surface area contributed by atoms with Gasteiger partial charge in [-0.25, -0.2) is 4.98 Å². The number of anilines is 3. The molecule has 3 atom stereocenters. The van der Waals surface area contributed by atoms with Crippen molar-refractivity contribution in [2.24, 2.45) is 0 Å². The molecule has 0 aliphatic carbocycles. The third-order valence-corrected chi connectivity index (χ3v) is 5.31. The monoisotopic (exact) mass is 352 g/mol. The molecule has 2 fully saturated rings. The number of piperidine rings is 1. The van der Waals surface area contributed by atoms with E-state index < -0.39 is 0 Å². The molecular formula is C18H24N8. The normalized spacial score (nSPS) is 25.0. The van der Waals surface area contributed by atoms with E-state index in [9.17, 15) is 0 Å². The Balaban J connectivity index is 1.38. The lowest BCUT2D eigenvalue weighted by Gasteiger charge is -2.39. The molecule has 8 heteroatoms. The van der Waals surface area contributed by atoms with Gasteiger partial charge >= 0.3 is 0 Å². The molecule has 8 nitrogen and oxygen atoms in total. The maximum atomic E-state index is 8.85. The molecule has 3 N–H and O–H groups in total. The number of nitriles is 1. The van der Waals surface area contributed by atoms with Crippen LogP contribution in [0.1, 0.15) is 37.8 Å². The molecule has 0 unspecified atom stereocenters. The first-order chi connectivity index (χ1) is 12.7. The molecule has 0 radical (unpaired) electrons. The third kappa shape index (κ3) is 3.63. The lowest BCUT2D eigenvalue weighted by Crippen LogP contribution is -2.47. The highest BCUT2D eigenvalue weighted by atomic mass is 15.2. The van der Waals surface area contributed by atoms with Crippen LogP contribution in [0, 0.1) is 18.3 Å². The van der Waals surface area contributed by atoms with E-state index >= 15 is 0 Å². The quantitative estimate of drug-likeness (QED) is 0.733. The molecular weight excluding hydrogens is 328 g/mol. The number of rotatable bonds is 6. The summed E-state index contributed by atoms with van der Waals surface area (Å²) in [5.74, 6) is 2.20. The second-order valence-electron chi connectivity index (χ2n) is 7.19. The molecule has 0 spiro atoms. The molecule has 2 bridgehead atoms. The minimum Gasteiger partial charge on any atom is -0.366 e. The number of H-pyrrole nitrogens is 1. The van der Waals surface area contributed by atoms with Crippen LogP contribution in [-0.2, 0) is 0 Å². The first kappa shape index (κ1) is 16.8. The summed E-state index contributed by atoms with van der Waals surface area (Å²) < 4.78 is 0. The zero-order valence-corrected chi connectivity index (χ0v) is 14.9. The SMILES string of the molecule is Cc1cc(Nc2cncc(N[C@@H]3C[C@H]4CC[C@@H](C3)N4CCC#N)n2)n[nH]1. The number of aromatic nitrogens is 4. The minimum absolute atomic E-state index is 0.406. The second kappa shape index (κ2) is 7.30. The smallest absolute Gasteiger partial charge is 0.153 e. The van der Waals surface area contributed by atoms with E-state index in [4.69, 9.17) is 5.26 Å². The average molecular weight is 352 g/mol. The number of hydrogen-bond acceptors (Lipinski definition) is 7. The van der Waals surface area contributed by atoms with Crippen molar-refractivity contribution in [3.8, 4) is 6.07 Å². The maximum Gasteiger partial charge on any atom is 0.153 e. The van der Waals surface area contributed by atoms with Gasteiger partial charge in [-0.2, -0.15) is 10.4 Å². The molecule has 2 aliphatic rings. The number of aromatic amines is 1. The zero-order valence-electron chi connectivity index (χ0n) is 14.9. The Morgan fingerprint density at radius 2 is 2.00 bits per heavy atom. The van der Waals surface area contributed by atoms with E-state index in [1.54, 1.807) is 12.4 Å². The van der Waals surface area contributed by atoms with Crippen molar-refractivity contribution in [3.05, 3.63) is 24.2 Å². The summed E-state index contributed by atoms with van der Waals surface area (Å²) in [5, 5.41) is 22.6. The number of hydrogen-bond donors (Lipinski definition) is 3. The molecule has 2 aromatic rings. The van der Waals surface area contributed by atoms with E-state index in [0.29, 0.717) is 30.4 Å². The van der Waals surface area contributed by atoms with Crippen LogP contribution in [0.15, 0.2) is 18.5 Å². The van der Waals surface area contributed by atoms with Crippen LogP contribution in [0.5, 0.6) is 0 Å². The summed E-state index contributed by atoms with van der Waals surface area (Å²) in [6.45, 7) is 2.86. The fraction of sp³-hybridized carbons (Fsp3) is 0.556. The predicted molar refractivity (Wildman–Crippen MR) is 99.0 cm³/mol. The molecule has 26 heavy (non-hydrogen) atoms. The lowest BCUT2D eigenvalue weighted by molar-refractivity contribution is 0.135. The van der Waals surface area contributed by atoms with Crippen molar-refractivity contribution in [1.29, 1.82) is 5.26 Å². The third-order valence-electron chi connectivity index (χ3n) is 5.31. The highest BCUT2D eigenvalue weighted by Crippen LogP contribution is 2.36. The molecule has 2 aromatic heterocycles. The Kier molecular flexibility index (Phi) is 4.71. The summed E-state index contributed by atoms with van der Waals surface area (Å²) in [4.78, 5) is 11.4. The fourth-order valence-corrected chi connectivity index (χ4v) is 4.25. The molecule has 0 saturated carbocycles. The van der Waals surface area contributed by atoms with Gasteiger partial charge in [0.05, 0.1) is 18.5 Å². The van der Waals surface area contributed by atoms with E-state index in [1.165, 1.54) is 12.8 Å². The van der Waals surface area contributed by atoms with Crippen LogP contribution in [0.3, 0.4) is 0 Å². The van der Waals surface area contributed by atoms with Crippen LogP contribution in [-0.4, -0.2) is 49.7 Å². The zero-order chi connectivity index (χ0) is 17.9. The Morgan fingerprint density at radius 1 is 1.23 bits per heavy atom. The Morgan fingerprint density at radius 3 is 2.69 bits per heavy atom. The van der Waals surface area contributed by atoms with E-state index in [1.807, 2.05) is 13.0 Å². The summed E-state index contributed by atoms with van der Waals surface area (Å²) in [5.41, 5.74) is 0.994. The Bertz CT molecular complexity index is 780. The first-order valence-electron chi connectivity index (χ1n) is 9.21. The summed E-state index contributed by atoms with van der Waals surface area (Å²) in [6.07, 6.45) is 8.75. The van der Waals surface area contributed by atoms with Crippen LogP contribution in [0.4, 0.5) is 17.5 Å². The standard InChI is InChI=1S/C18H24N8/c1-12-7-16(25-24-12)22-18-11-20-10-17(23-18)21-13-8-14-3-4-15(9-13)26(14)6-2-5-19/h7,10-11,13-15H,2-4,6,8-9H2,1H3,(H3,21,22,23,24,25)/t13-,14-,15+. The van der Waals surface area contributed by atoms with Crippen molar-refractivity contribution in [2.45, 2.75) is 57.2 Å². The van der Waals surface area contributed by atoms with Crippen LogP contribution >= 0.6 is 0 Å². The largest absolute Gasteiger partial charge is 0.366 e.